The number of hydrogen-bond donors (Lipinski definition) is 3. The van der Waals surface area contributed by atoms with Crippen LogP contribution in [0.4, 0.5) is 5.69 Å². The van der Waals surface area contributed by atoms with Crippen molar-refractivity contribution in [3.05, 3.63) is 24.5 Å². The summed E-state index contributed by atoms with van der Waals surface area (Å²) in [5.74, 6) is -1.49. The second kappa shape index (κ2) is 6.97. The Bertz CT molecular complexity index is 460. The highest BCUT2D eigenvalue weighted by Gasteiger charge is 2.29. The Hall–Kier alpha value is -1.99. The van der Waals surface area contributed by atoms with E-state index in [9.17, 15) is 14.7 Å². The average molecular weight is 279 g/mol. The third-order valence-corrected chi connectivity index (χ3v) is 3.45. The van der Waals surface area contributed by atoms with Crippen LogP contribution in [-0.4, -0.2) is 49.1 Å². The molecule has 0 bridgehead atoms. The fourth-order valence-corrected chi connectivity index (χ4v) is 2.42. The average Bonchev–Trinajstić information content (AvgIpc) is 2.46. The summed E-state index contributed by atoms with van der Waals surface area (Å²) < 4.78 is 0. The van der Waals surface area contributed by atoms with Crippen LogP contribution in [-0.2, 0) is 9.59 Å². The fraction of sp³-hybridized carbons (Fsp3) is 0.462. The van der Waals surface area contributed by atoms with E-state index in [0.717, 1.165) is 31.1 Å². The highest BCUT2D eigenvalue weighted by atomic mass is 16.4. The summed E-state index contributed by atoms with van der Waals surface area (Å²) in [4.78, 5) is 28.0. The highest BCUT2D eigenvalue weighted by Crippen LogP contribution is 2.03. The Kier molecular flexibility index (Phi) is 5.03. The highest BCUT2D eigenvalue weighted by molar-refractivity contribution is 5.93. The van der Waals surface area contributed by atoms with Crippen LogP contribution in [0.3, 0.4) is 0 Å². The molecule has 1 aromatic rings. The standard InChI is InChI=1S/C13H18N4O3/c18-12(16-10-2-1-3-15-9-10)8-11(13(19)20)17-6-4-14-5-7-17/h1-3,9,11,14H,4-8H2,(H,16,18)(H,19,20)/p+1/t11-/m1/s1. The number of carbonyl (C=O) groups is 2. The van der Waals surface area contributed by atoms with E-state index in [-0.39, 0.29) is 12.3 Å². The van der Waals surface area contributed by atoms with Gasteiger partial charge in [-0.15, -0.1) is 0 Å². The van der Waals surface area contributed by atoms with Gasteiger partial charge in [-0.2, -0.15) is 0 Å². The maximum absolute atomic E-state index is 11.9. The van der Waals surface area contributed by atoms with Crippen LogP contribution in [0, 0.1) is 0 Å². The zero-order valence-electron chi connectivity index (χ0n) is 11.2. The lowest BCUT2D eigenvalue weighted by Crippen LogP contribution is -3.24. The first-order valence-electron chi connectivity index (χ1n) is 6.74. The Balaban J connectivity index is 1.93. The summed E-state index contributed by atoms with van der Waals surface area (Å²) in [5.41, 5.74) is 0.566. The summed E-state index contributed by atoms with van der Waals surface area (Å²) in [6, 6.07) is 2.62. The van der Waals surface area contributed by atoms with E-state index in [4.69, 9.17) is 0 Å². The molecule has 1 atom stereocenters. The van der Waals surface area contributed by atoms with Crippen molar-refractivity contribution in [2.75, 3.05) is 31.5 Å². The van der Waals surface area contributed by atoms with Crippen LogP contribution in [0.5, 0.6) is 0 Å². The minimum Gasteiger partial charge on any atom is -0.544 e. The van der Waals surface area contributed by atoms with Crippen molar-refractivity contribution in [2.24, 2.45) is 0 Å². The number of carboxylic acid groups (broad SMARTS) is 1. The van der Waals surface area contributed by atoms with Gasteiger partial charge in [0.25, 0.3) is 0 Å². The second-order valence-corrected chi connectivity index (χ2v) is 4.89. The number of nitrogens with one attached hydrogen (secondary N) is 2. The van der Waals surface area contributed by atoms with Crippen LogP contribution < -0.4 is 20.6 Å². The Morgan fingerprint density at radius 1 is 1.45 bits per heavy atom. The van der Waals surface area contributed by atoms with Gasteiger partial charge in [-0.1, -0.05) is 0 Å². The predicted molar refractivity (Wildman–Crippen MR) is 68.6 cm³/mol. The number of carbonyl (C=O) groups excluding carboxylic acids is 2. The van der Waals surface area contributed by atoms with Crippen molar-refractivity contribution in [3.8, 4) is 0 Å². The number of rotatable bonds is 5. The van der Waals surface area contributed by atoms with E-state index in [0.29, 0.717) is 5.69 Å². The molecule has 2 rings (SSSR count). The van der Waals surface area contributed by atoms with Gasteiger partial charge in [0.05, 0.1) is 24.3 Å². The Morgan fingerprint density at radius 2 is 2.20 bits per heavy atom. The lowest BCUT2D eigenvalue weighted by Gasteiger charge is -2.30. The normalized spacial score (nSPS) is 17.4. The van der Waals surface area contributed by atoms with E-state index in [2.05, 4.69) is 15.6 Å². The second-order valence-electron chi connectivity index (χ2n) is 4.89. The van der Waals surface area contributed by atoms with Crippen LogP contribution in [0.15, 0.2) is 24.5 Å². The first-order chi connectivity index (χ1) is 9.66. The molecule has 0 aromatic carbocycles. The molecule has 7 nitrogen and oxygen atoms in total. The van der Waals surface area contributed by atoms with Crippen LogP contribution in [0.1, 0.15) is 6.42 Å². The van der Waals surface area contributed by atoms with Gasteiger partial charge in [-0.3, -0.25) is 9.78 Å². The number of nitrogens with zero attached hydrogens (tertiary/aromatic N) is 1. The molecule has 0 aliphatic carbocycles. The molecule has 1 aliphatic rings. The molecule has 4 N–H and O–H groups in total. The summed E-state index contributed by atoms with van der Waals surface area (Å²) in [7, 11) is 0. The summed E-state index contributed by atoms with van der Waals surface area (Å²) in [5, 5.41) is 16.0. The molecule has 1 aromatic heterocycles. The van der Waals surface area contributed by atoms with Gasteiger partial charge in [-0.05, 0) is 12.1 Å². The Morgan fingerprint density at radius 3 is 2.80 bits per heavy atom. The maximum atomic E-state index is 11.9. The zero-order chi connectivity index (χ0) is 14.4. The third kappa shape index (κ3) is 4.01. The smallest absolute Gasteiger partial charge is 0.230 e. The molecular formula is C13H19N4O3+. The van der Waals surface area contributed by atoms with Crippen molar-refractivity contribution < 1.29 is 24.9 Å². The molecular weight excluding hydrogens is 260 g/mol. The number of nitrogens with two attached hydrogens (primary N) is 1. The van der Waals surface area contributed by atoms with Gasteiger partial charge < -0.3 is 25.4 Å². The molecule has 0 unspecified atom stereocenters. The molecule has 7 heteroatoms. The topological polar surface area (TPSA) is 103 Å². The number of anilines is 1. The van der Waals surface area contributed by atoms with Gasteiger partial charge in [-0.25, -0.2) is 0 Å². The van der Waals surface area contributed by atoms with E-state index in [1.807, 2.05) is 0 Å². The van der Waals surface area contributed by atoms with Crippen molar-refractivity contribution in [1.82, 2.24) is 4.98 Å². The molecule has 1 aliphatic heterocycles. The fourth-order valence-electron chi connectivity index (χ4n) is 2.42. The number of carboxylic acids is 1. The summed E-state index contributed by atoms with van der Waals surface area (Å²) in [6.07, 6.45) is 3.05. The molecule has 1 fully saturated rings. The minimum atomic E-state index is -1.16. The van der Waals surface area contributed by atoms with Gasteiger partial charge in [0, 0.05) is 6.20 Å². The summed E-state index contributed by atoms with van der Waals surface area (Å²) >= 11 is 0. The number of aliphatic carboxylic acids is 1. The number of hydrogen-bond acceptors (Lipinski definition) is 4. The van der Waals surface area contributed by atoms with Crippen LogP contribution in [0.25, 0.3) is 0 Å². The van der Waals surface area contributed by atoms with E-state index in [1.165, 1.54) is 6.20 Å². The van der Waals surface area contributed by atoms with E-state index in [1.54, 1.807) is 18.3 Å². The number of pyridine rings is 1. The summed E-state index contributed by atoms with van der Waals surface area (Å²) in [6.45, 7) is 3.23. The van der Waals surface area contributed by atoms with Gasteiger partial charge >= 0.3 is 0 Å². The number of amides is 1. The third-order valence-electron chi connectivity index (χ3n) is 3.45. The molecule has 0 radical (unpaired) electrons. The number of quaternary nitrogens is 2. The van der Waals surface area contributed by atoms with Crippen molar-refractivity contribution in [1.29, 1.82) is 0 Å². The first-order valence-corrected chi connectivity index (χ1v) is 6.74. The van der Waals surface area contributed by atoms with E-state index < -0.39 is 12.0 Å². The van der Waals surface area contributed by atoms with Crippen LogP contribution in [0.2, 0.25) is 0 Å². The van der Waals surface area contributed by atoms with Gasteiger partial charge in [0.1, 0.15) is 32.2 Å². The lowest BCUT2D eigenvalue weighted by molar-refractivity contribution is -0.961. The number of aromatic nitrogens is 1. The Labute approximate surface area is 117 Å². The maximum Gasteiger partial charge on any atom is 0.230 e. The largest absolute Gasteiger partial charge is 0.544 e. The molecule has 0 spiro atoms. The lowest BCUT2D eigenvalue weighted by atomic mass is 10.1. The molecule has 108 valence electrons. The molecule has 2 heterocycles. The van der Waals surface area contributed by atoms with Crippen molar-refractivity contribution >= 4 is 17.6 Å². The quantitative estimate of drug-likeness (QED) is 0.511. The molecule has 20 heavy (non-hydrogen) atoms. The predicted octanol–water partition coefficient (Wildman–Crippen LogP) is -4.01. The molecule has 1 saturated heterocycles. The number of piperazine rings is 1. The van der Waals surface area contributed by atoms with Crippen molar-refractivity contribution in [3.63, 3.8) is 0 Å². The molecule has 0 saturated carbocycles. The zero-order valence-corrected chi connectivity index (χ0v) is 11.2. The van der Waals surface area contributed by atoms with Gasteiger partial charge in [0.15, 0.2) is 0 Å². The van der Waals surface area contributed by atoms with Crippen molar-refractivity contribution in [2.45, 2.75) is 12.5 Å². The molecule has 1 amide bonds. The first kappa shape index (κ1) is 14.4. The van der Waals surface area contributed by atoms with E-state index >= 15 is 0 Å². The van der Waals surface area contributed by atoms with Gasteiger partial charge in [0.2, 0.25) is 5.91 Å². The van der Waals surface area contributed by atoms with Crippen LogP contribution >= 0.6 is 0 Å². The SMILES string of the molecule is O=C(C[C@H](C(=O)[O-])[NH+]1CC[NH2+]CC1)Nc1cccnc1. The minimum absolute atomic E-state index is 0.0768. The monoisotopic (exact) mass is 279 g/mol.